The number of nitrogens with one attached hydrogen (secondary N) is 2. The van der Waals surface area contributed by atoms with Gasteiger partial charge in [0.25, 0.3) is 0 Å². The Hall–Kier alpha value is -2.10. The Morgan fingerprint density at radius 2 is 1.28 bits per heavy atom. The maximum atomic E-state index is 5.78. The Morgan fingerprint density at radius 1 is 0.833 bits per heavy atom. The summed E-state index contributed by atoms with van der Waals surface area (Å²) < 4.78 is 11.6. The van der Waals surface area contributed by atoms with Gasteiger partial charge in [0, 0.05) is 23.2 Å². The van der Waals surface area contributed by atoms with Crippen molar-refractivity contribution in [2.75, 3.05) is 13.2 Å². The third kappa shape index (κ3) is 1.45. The van der Waals surface area contributed by atoms with Gasteiger partial charge in [-0.05, 0) is 26.0 Å². The van der Waals surface area contributed by atoms with Crippen LogP contribution in [0, 0.1) is 0 Å². The molecule has 3 aromatic rings. The lowest BCUT2D eigenvalue weighted by atomic mass is 10.1. The molecule has 0 aliphatic carbocycles. The van der Waals surface area contributed by atoms with Crippen LogP contribution in [0.3, 0.4) is 0 Å². The van der Waals surface area contributed by atoms with Crippen LogP contribution in [0.1, 0.15) is 13.8 Å². The average molecular weight is 244 g/mol. The number of hydrogen-bond donors (Lipinski definition) is 2. The number of H-pyrrole nitrogens is 2. The quantitative estimate of drug-likeness (QED) is 0.738. The highest BCUT2D eigenvalue weighted by molar-refractivity contribution is 6.08. The first-order valence-electron chi connectivity index (χ1n) is 6.22. The van der Waals surface area contributed by atoms with Crippen LogP contribution in [0.15, 0.2) is 24.5 Å². The SMILES string of the molecule is CCOc1c2cc[nH]c2c(OCC)c2cc[nH]c12. The number of fused-ring (bicyclic) bond motifs is 2. The standard InChI is InChI=1S/C14H16N2O2/c1-3-17-13-9-5-7-16-12(9)14(18-4-2)10-6-8-15-11(10)13/h5-8,15-16H,3-4H2,1-2H3. The lowest BCUT2D eigenvalue weighted by Gasteiger charge is -2.11. The molecule has 0 spiro atoms. The first-order chi connectivity index (χ1) is 8.86. The lowest BCUT2D eigenvalue weighted by Crippen LogP contribution is -1.97. The molecule has 4 nitrogen and oxygen atoms in total. The molecule has 0 saturated heterocycles. The van der Waals surface area contributed by atoms with Crippen LogP contribution in [0.5, 0.6) is 11.5 Å². The monoisotopic (exact) mass is 244 g/mol. The second kappa shape index (κ2) is 4.29. The van der Waals surface area contributed by atoms with Gasteiger partial charge in [0.2, 0.25) is 0 Å². The summed E-state index contributed by atoms with van der Waals surface area (Å²) >= 11 is 0. The molecule has 1 aromatic carbocycles. The van der Waals surface area contributed by atoms with Crippen molar-refractivity contribution in [2.45, 2.75) is 13.8 Å². The highest BCUT2D eigenvalue weighted by atomic mass is 16.5. The van der Waals surface area contributed by atoms with E-state index in [9.17, 15) is 0 Å². The predicted molar refractivity (Wildman–Crippen MR) is 72.5 cm³/mol. The molecule has 94 valence electrons. The molecule has 0 aliphatic rings. The van der Waals surface area contributed by atoms with Crippen LogP contribution < -0.4 is 9.47 Å². The summed E-state index contributed by atoms with van der Waals surface area (Å²) in [5, 5.41) is 2.10. The molecule has 0 saturated carbocycles. The first kappa shape index (κ1) is 11.0. The van der Waals surface area contributed by atoms with E-state index in [1.54, 1.807) is 0 Å². The van der Waals surface area contributed by atoms with E-state index in [1.165, 1.54) is 0 Å². The maximum absolute atomic E-state index is 5.78. The van der Waals surface area contributed by atoms with Gasteiger partial charge in [0.05, 0.1) is 24.2 Å². The van der Waals surface area contributed by atoms with Crippen LogP contribution in [0.4, 0.5) is 0 Å². The van der Waals surface area contributed by atoms with E-state index in [2.05, 4.69) is 9.97 Å². The maximum Gasteiger partial charge on any atom is 0.152 e. The van der Waals surface area contributed by atoms with Gasteiger partial charge >= 0.3 is 0 Å². The Kier molecular flexibility index (Phi) is 2.63. The van der Waals surface area contributed by atoms with Crippen molar-refractivity contribution < 1.29 is 9.47 Å². The molecule has 0 amide bonds. The fraction of sp³-hybridized carbons (Fsp3) is 0.286. The van der Waals surface area contributed by atoms with Crippen molar-refractivity contribution in [1.82, 2.24) is 9.97 Å². The second-order valence-electron chi connectivity index (χ2n) is 4.06. The fourth-order valence-electron chi connectivity index (χ4n) is 2.35. The van der Waals surface area contributed by atoms with Crippen molar-refractivity contribution in [1.29, 1.82) is 0 Å². The second-order valence-corrected chi connectivity index (χ2v) is 4.06. The van der Waals surface area contributed by atoms with Crippen molar-refractivity contribution in [3.05, 3.63) is 24.5 Å². The summed E-state index contributed by atoms with van der Waals surface area (Å²) in [6.07, 6.45) is 3.82. The van der Waals surface area contributed by atoms with E-state index in [0.29, 0.717) is 13.2 Å². The molecule has 0 fully saturated rings. The van der Waals surface area contributed by atoms with Crippen molar-refractivity contribution in [3.8, 4) is 11.5 Å². The lowest BCUT2D eigenvalue weighted by molar-refractivity contribution is 0.342. The molecule has 0 radical (unpaired) electrons. The van der Waals surface area contributed by atoms with Gasteiger partial charge in [-0.1, -0.05) is 0 Å². The largest absolute Gasteiger partial charge is 0.491 e. The Bertz CT molecular complexity index is 575. The molecular weight excluding hydrogens is 228 g/mol. The summed E-state index contributed by atoms with van der Waals surface area (Å²) in [5.74, 6) is 1.77. The van der Waals surface area contributed by atoms with Crippen LogP contribution in [-0.4, -0.2) is 23.2 Å². The minimum absolute atomic E-state index is 0.641. The number of aromatic nitrogens is 2. The van der Waals surface area contributed by atoms with E-state index in [1.807, 2.05) is 38.4 Å². The molecule has 0 unspecified atom stereocenters. The van der Waals surface area contributed by atoms with Gasteiger partial charge in [-0.25, -0.2) is 0 Å². The number of ether oxygens (including phenoxy) is 2. The third-order valence-electron chi connectivity index (χ3n) is 3.01. The molecule has 3 rings (SSSR count). The topological polar surface area (TPSA) is 50.0 Å². The Balaban J connectivity index is 2.40. The van der Waals surface area contributed by atoms with Crippen LogP contribution in [-0.2, 0) is 0 Å². The molecule has 2 N–H and O–H groups in total. The third-order valence-corrected chi connectivity index (χ3v) is 3.01. The molecule has 0 atom stereocenters. The average Bonchev–Trinajstić information content (AvgIpc) is 3.01. The highest BCUT2D eigenvalue weighted by Crippen LogP contribution is 2.41. The summed E-state index contributed by atoms with van der Waals surface area (Å²) in [6.45, 7) is 5.26. The van der Waals surface area contributed by atoms with Gasteiger partial charge in [-0.2, -0.15) is 0 Å². The molecule has 18 heavy (non-hydrogen) atoms. The van der Waals surface area contributed by atoms with E-state index in [4.69, 9.17) is 9.47 Å². The molecule has 0 aliphatic heterocycles. The number of hydrogen-bond acceptors (Lipinski definition) is 2. The smallest absolute Gasteiger partial charge is 0.152 e. The highest BCUT2D eigenvalue weighted by Gasteiger charge is 2.17. The zero-order valence-corrected chi connectivity index (χ0v) is 10.5. The van der Waals surface area contributed by atoms with E-state index in [0.717, 1.165) is 33.3 Å². The first-order valence-corrected chi connectivity index (χ1v) is 6.22. The van der Waals surface area contributed by atoms with E-state index in [-0.39, 0.29) is 0 Å². The zero-order chi connectivity index (χ0) is 12.5. The molecule has 0 bridgehead atoms. The fourth-order valence-corrected chi connectivity index (χ4v) is 2.35. The van der Waals surface area contributed by atoms with Crippen LogP contribution in [0.2, 0.25) is 0 Å². The minimum Gasteiger partial charge on any atom is -0.491 e. The molecule has 2 heterocycles. The van der Waals surface area contributed by atoms with Gasteiger partial charge < -0.3 is 19.4 Å². The van der Waals surface area contributed by atoms with Gasteiger partial charge in [0.15, 0.2) is 11.5 Å². The summed E-state index contributed by atoms with van der Waals surface area (Å²) in [5.41, 5.74) is 1.99. The van der Waals surface area contributed by atoms with E-state index >= 15 is 0 Å². The van der Waals surface area contributed by atoms with Crippen LogP contribution >= 0.6 is 0 Å². The Morgan fingerprint density at radius 3 is 1.67 bits per heavy atom. The van der Waals surface area contributed by atoms with Crippen molar-refractivity contribution in [2.24, 2.45) is 0 Å². The Labute approximate surface area is 105 Å². The molecular formula is C14H16N2O2. The van der Waals surface area contributed by atoms with Gasteiger partial charge in [-0.15, -0.1) is 0 Å². The summed E-state index contributed by atoms with van der Waals surface area (Å²) in [7, 11) is 0. The number of aromatic amines is 2. The van der Waals surface area contributed by atoms with Gasteiger partial charge in [0.1, 0.15) is 0 Å². The number of benzene rings is 1. The minimum atomic E-state index is 0.641. The normalized spacial score (nSPS) is 11.2. The summed E-state index contributed by atoms with van der Waals surface area (Å²) in [6, 6.07) is 4.03. The van der Waals surface area contributed by atoms with Gasteiger partial charge in [-0.3, -0.25) is 0 Å². The molecule has 4 heteroatoms. The summed E-state index contributed by atoms with van der Waals surface area (Å²) in [4.78, 5) is 6.47. The molecule has 2 aromatic heterocycles. The van der Waals surface area contributed by atoms with Crippen molar-refractivity contribution >= 4 is 21.8 Å². The number of rotatable bonds is 4. The predicted octanol–water partition coefficient (Wildman–Crippen LogP) is 3.45. The van der Waals surface area contributed by atoms with Crippen molar-refractivity contribution in [3.63, 3.8) is 0 Å². The van der Waals surface area contributed by atoms with Crippen LogP contribution in [0.25, 0.3) is 21.8 Å². The zero-order valence-electron chi connectivity index (χ0n) is 10.5. The van der Waals surface area contributed by atoms with E-state index < -0.39 is 0 Å².